The Bertz CT molecular complexity index is 1140. The van der Waals surface area contributed by atoms with E-state index in [1.165, 1.54) is 4.68 Å². The minimum Gasteiger partial charge on any atom is -0.247 e. The number of sulfonamides is 1. The Morgan fingerprint density at radius 3 is 2.38 bits per heavy atom. The van der Waals surface area contributed by atoms with Crippen LogP contribution in [0.3, 0.4) is 0 Å². The van der Waals surface area contributed by atoms with E-state index in [2.05, 4.69) is 9.82 Å². The molecule has 29 heavy (non-hydrogen) atoms. The second-order valence-electron chi connectivity index (χ2n) is 7.20. The van der Waals surface area contributed by atoms with Gasteiger partial charge in [-0.05, 0) is 49.1 Å². The maximum absolute atomic E-state index is 12.9. The Morgan fingerprint density at radius 2 is 1.76 bits per heavy atom. The summed E-state index contributed by atoms with van der Waals surface area (Å²) in [5.41, 5.74) is 1.61. The van der Waals surface area contributed by atoms with Crippen LogP contribution in [0, 0.1) is 0 Å². The molecule has 4 rings (SSSR count). The van der Waals surface area contributed by atoms with Gasteiger partial charge in [-0.2, -0.15) is 5.10 Å². The molecule has 0 amide bonds. The molecule has 1 fully saturated rings. The normalized spacial score (nSPS) is 14.2. The van der Waals surface area contributed by atoms with Gasteiger partial charge in [-0.1, -0.05) is 37.3 Å². The van der Waals surface area contributed by atoms with E-state index in [1.54, 1.807) is 16.7 Å². The van der Waals surface area contributed by atoms with Crippen LogP contribution >= 0.6 is 0 Å². The molecule has 1 aliphatic rings. The van der Waals surface area contributed by atoms with Crippen LogP contribution in [-0.2, 0) is 23.0 Å². The molecule has 1 aromatic heterocycles. The zero-order chi connectivity index (χ0) is 20.4. The van der Waals surface area contributed by atoms with Crippen molar-refractivity contribution in [2.45, 2.75) is 43.5 Å². The maximum Gasteiger partial charge on any atom is 0.350 e. The van der Waals surface area contributed by atoms with Crippen LogP contribution in [0.5, 0.6) is 0 Å². The van der Waals surface area contributed by atoms with Crippen molar-refractivity contribution in [1.82, 2.24) is 19.1 Å². The molecule has 1 aliphatic carbocycles. The first-order valence-corrected chi connectivity index (χ1v) is 11.3. The molecule has 0 radical (unpaired) electrons. The molecular formula is C21H24N4O3S. The predicted octanol–water partition coefficient (Wildman–Crippen LogP) is 2.45. The van der Waals surface area contributed by atoms with Crippen molar-refractivity contribution in [1.29, 1.82) is 0 Å². The molecule has 7 nitrogen and oxygen atoms in total. The molecule has 152 valence electrons. The fourth-order valence-corrected chi connectivity index (χ4v) is 4.29. The first-order valence-electron chi connectivity index (χ1n) is 9.83. The molecule has 1 saturated carbocycles. The molecule has 8 heteroatoms. The summed E-state index contributed by atoms with van der Waals surface area (Å²) in [6, 6.07) is 16.2. The van der Waals surface area contributed by atoms with Gasteiger partial charge in [0, 0.05) is 12.5 Å². The van der Waals surface area contributed by atoms with E-state index in [0.29, 0.717) is 0 Å². The highest BCUT2D eigenvalue weighted by Crippen LogP contribution is 2.39. The third kappa shape index (κ3) is 4.18. The van der Waals surface area contributed by atoms with E-state index in [0.717, 1.165) is 36.3 Å². The Labute approximate surface area is 170 Å². The van der Waals surface area contributed by atoms with Crippen LogP contribution in [-0.4, -0.2) is 29.3 Å². The van der Waals surface area contributed by atoms with Crippen molar-refractivity contribution >= 4 is 10.0 Å². The van der Waals surface area contributed by atoms with Gasteiger partial charge in [0.2, 0.25) is 10.0 Å². The summed E-state index contributed by atoms with van der Waals surface area (Å²) in [6.45, 7) is 2.28. The van der Waals surface area contributed by atoms with Crippen LogP contribution in [0.25, 0.3) is 5.69 Å². The lowest BCUT2D eigenvalue weighted by Crippen LogP contribution is -2.32. The van der Waals surface area contributed by atoms with E-state index in [1.807, 2.05) is 49.4 Å². The third-order valence-electron chi connectivity index (χ3n) is 5.08. The molecule has 1 heterocycles. The number of para-hydroxylation sites is 1. The molecule has 0 atom stereocenters. The number of aryl methyl sites for hydroxylation is 1. The van der Waals surface area contributed by atoms with Crippen LogP contribution in [0.2, 0.25) is 0 Å². The van der Waals surface area contributed by atoms with Gasteiger partial charge in [0.05, 0.1) is 17.1 Å². The van der Waals surface area contributed by atoms with Gasteiger partial charge in [-0.15, -0.1) is 0 Å². The highest BCUT2D eigenvalue weighted by Gasteiger charge is 2.31. The van der Waals surface area contributed by atoms with Gasteiger partial charge >= 0.3 is 5.69 Å². The lowest BCUT2D eigenvalue weighted by molar-refractivity contribution is 0.550. The summed E-state index contributed by atoms with van der Waals surface area (Å²) in [5.74, 6) is 1.04. The van der Waals surface area contributed by atoms with Crippen molar-refractivity contribution in [3.63, 3.8) is 0 Å². The van der Waals surface area contributed by atoms with Gasteiger partial charge in [0.15, 0.2) is 0 Å². The smallest absolute Gasteiger partial charge is 0.247 e. The second-order valence-corrected chi connectivity index (χ2v) is 8.97. The van der Waals surface area contributed by atoms with E-state index >= 15 is 0 Å². The Kier molecular flexibility index (Phi) is 5.38. The Hall–Kier alpha value is -2.71. The molecule has 0 saturated heterocycles. The van der Waals surface area contributed by atoms with Gasteiger partial charge < -0.3 is 0 Å². The largest absolute Gasteiger partial charge is 0.350 e. The van der Waals surface area contributed by atoms with Crippen molar-refractivity contribution < 1.29 is 8.42 Å². The predicted molar refractivity (Wildman–Crippen MR) is 111 cm³/mol. The van der Waals surface area contributed by atoms with Crippen molar-refractivity contribution in [2.24, 2.45) is 0 Å². The highest BCUT2D eigenvalue weighted by atomic mass is 32.2. The van der Waals surface area contributed by atoms with Gasteiger partial charge in [-0.25, -0.2) is 27.2 Å². The standard InChI is InChI=1S/C21H24N4O3S/c1-2-16-8-12-19(13-9-16)29(27,28)22-14-15-24-21(26)25(18-6-4-3-5-7-18)20(23-24)17-10-11-17/h3-9,12-13,17,22H,2,10-11,14-15H2,1H3. The molecule has 0 aliphatic heterocycles. The zero-order valence-electron chi connectivity index (χ0n) is 16.3. The highest BCUT2D eigenvalue weighted by molar-refractivity contribution is 7.89. The second kappa shape index (κ2) is 7.96. The summed E-state index contributed by atoms with van der Waals surface area (Å²) in [4.78, 5) is 13.1. The summed E-state index contributed by atoms with van der Waals surface area (Å²) in [7, 11) is -3.63. The molecule has 0 unspecified atom stereocenters. The SMILES string of the molecule is CCc1ccc(S(=O)(=O)NCCn2nc(C3CC3)n(-c3ccccc3)c2=O)cc1. The summed E-state index contributed by atoms with van der Waals surface area (Å²) in [5, 5.41) is 4.50. The molecule has 2 aromatic carbocycles. The first kappa shape index (κ1) is 19.6. The fraction of sp³-hybridized carbons (Fsp3) is 0.333. The Morgan fingerprint density at radius 1 is 1.07 bits per heavy atom. The number of nitrogens with zero attached hydrogens (tertiary/aromatic N) is 3. The minimum absolute atomic E-state index is 0.0910. The molecule has 0 bridgehead atoms. The van der Waals surface area contributed by atoms with Crippen LogP contribution in [0.1, 0.15) is 37.1 Å². The maximum atomic E-state index is 12.9. The van der Waals surface area contributed by atoms with Crippen molar-refractivity contribution in [3.05, 3.63) is 76.5 Å². The van der Waals surface area contributed by atoms with E-state index in [4.69, 9.17) is 0 Å². The van der Waals surface area contributed by atoms with Gasteiger partial charge in [0.25, 0.3) is 0 Å². The quantitative estimate of drug-likeness (QED) is 0.616. The summed E-state index contributed by atoms with van der Waals surface area (Å²) >= 11 is 0. The number of benzene rings is 2. The average molecular weight is 413 g/mol. The number of aromatic nitrogens is 3. The van der Waals surface area contributed by atoms with E-state index < -0.39 is 10.0 Å². The van der Waals surface area contributed by atoms with Crippen LogP contribution < -0.4 is 10.4 Å². The fourth-order valence-electron chi connectivity index (χ4n) is 3.27. The average Bonchev–Trinajstić information content (AvgIpc) is 3.53. The number of hydrogen-bond acceptors (Lipinski definition) is 4. The minimum atomic E-state index is -3.63. The Balaban J connectivity index is 1.51. The molecule has 1 N–H and O–H groups in total. The summed E-state index contributed by atoms with van der Waals surface area (Å²) in [6.07, 6.45) is 2.89. The molecule has 3 aromatic rings. The van der Waals surface area contributed by atoms with Crippen LogP contribution in [0.15, 0.2) is 64.3 Å². The van der Waals surface area contributed by atoms with Gasteiger partial charge in [-0.3, -0.25) is 0 Å². The number of hydrogen-bond donors (Lipinski definition) is 1. The lowest BCUT2D eigenvalue weighted by Gasteiger charge is -2.07. The van der Waals surface area contributed by atoms with E-state index in [-0.39, 0.29) is 29.6 Å². The lowest BCUT2D eigenvalue weighted by atomic mass is 10.2. The molecular weight excluding hydrogens is 388 g/mol. The van der Waals surface area contributed by atoms with Crippen molar-refractivity contribution in [3.8, 4) is 5.69 Å². The zero-order valence-corrected chi connectivity index (χ0v) is 17.1. The van der Waals surface area contributed by atoms with Gasteiger partial charge in [0.1, 0.15) is 5.82 Å². The third-order valence-corrected chi connectivity index (χ3v) is 6.56. The monoisotopic (exact) mass is 412 g/mol. The topological polar surface area (TPSA) is 86.0 Å². The first-order chi connectivity index (χ1) is 14.0. The van der Waals surface area contributed by atoms with Crippen molar-refractivity contribution in [2.75, 3.05) is 6.54 Å². The number of rotatable bonds is 8. The molecule has 0 spiro atoms. The van der Waals surface area contributed by atoms with Crippen LogP contribution in [0.4, 0.5) is 0 Å². The number of nitrogens with one attached hydrogen (secondary N) is 1. The van der Waals surface area contributed by atoms with E-state index in [9.17, 15) is 13.2 Å². The summed E-state index contributed by atoms with van der Waals surface area (Å²) < 4.78 is 30.5.